The highest BCUT2D eigenvalue weighted by Crippen LogP contribution is 2.21. The zero-order valence-corrected chi connectivity index (χ0v) is 12.3. The van der Waals surface area contributed by atoms with E-state index in [1.54, 1.807) is 6.92 Å². The van der Waals surface area contributed by atoms with Crippen LogP contribution in [0.4, 0.5) is 0 Å². The maximum absolute atomic E-state index is 11.4. The molecule has 0 aromatic rings. The first-order chi connectivity index (χ1) is 9.05. The fraction of sp³-hybridized carbons (Fsp3) is 0.857. The summed E-state index contributed by atoms with van der Waals surface area (Å²) in [6.45, 7) is 8.84. The molecule has 1 aliphatic heterocycles. The van der Waals surface area contributed by atoms with Gasteiger partial charge in [0.1, 0.15) is 0 Å². The highest BCUT2D eigenvalue weighted by molar-refractivity contribution is 5.73. The summed E-state index contributed by atoms with van der Waals surface area (Å²) in [6.07, 6.45) is 2.27. The quantitative estimate of drug-likeness (QED) is 0.736. The van der Waals surface area contributed by atoms with Gasteiger partial charge >= 0.3 is 5.97 Å². The van der Waals surface area contributed by atoms with Gasteiger partial charge in [-0.2, -0.15) is 0 Å². The van der Waals surface area contributed by atoms with Crippen LogP contribution < -0.4 is 5.32 Å². The first kappa shape index (κ1) is 16.0. The van der Waals surface area contributed by atoms with Gasteiger partial charge in [-0.1, -0.05) is 6.92 Å². The highest BCUT2D eigenvalue weighted by atomic mass is 16.5. The average molecular weight is 270 g/mol. The number of hydrogen-bond acceptors (Lipinski definition) is 4. The number of amides is 1. The molecule has 1 amide bonds. The number of likely N-dealkylation sites (N-methyl/N-ethyl adjacent to an activating group) is 1. The molecule has 110 valence electrons. The lowest BCUT2D eigenvalue weighted by molar-refractivity contribution is -0.143. The lowest BCUT2D eigenvalue weighted by Crippen LogP contribution is -2.50. The zero-order valence-electron chi connectivity index (χ0n) is 12.3. The monoisotopic (exact) mass is 270 g/mol. The Balaban J connectivity index is 2.43. The van der Waals surface area contributed by atoms with Crippen molar-refractivity contribution in [2.75, 3.05) is 26.2 Å². The van der Waals surface area contributed by atoms with Gasteiger partial charge in [0.15, 0.2) is 0 Å². The summed E-state index contributed by atoms with van der Waals surface area (Å²) in [7, 11) is 0. The Labute approximate surface area is 115 Å². The fourth-order valence-electron chi connectivity index (χ4n) is 2.72. The van der Waals surface area contributed by atoms with Crippen molar-refractivity contribution < 1.29 is 14.3 Å². The highest BCUT2D eigenvalue weighted by Gasteiger charge is 2.27. The van der Waals surface area contributed by atoms with Crippen LogP contribution in [-0.4, -0.2) is 49.1 Å². The van der Waals surface area contributed by atoms with Crippen molar-refractivity contribution in [1.82, 2.24) is 10.2 Å². The van der Waals surface area contributed by atoms with E-state index in [1.807, 2.05) is 6.92 Å². The van der Waals surface area contributed by atoms with Crippen LogP contribution in [0, 0.1) is 5.92 Å². The Kier molecular flexibility index (Phi) is 6.84. The molecular weight excluding hydrogens is 244 g/mol. The van der Waals surface area contributed by atoms with E-state index >= 15 is 0 Å². The molecule has 0 radical (unpaired) electrons. The Morgan fingerprint density at radius 2 is 2.05 bits per heavy atom. The summed E-state index contributed by atoms with van der Waals surface area (Å²) >= 11 is 0. The number of hydrogen-bond donors (Lipinski definition) is 1. The van der Waals surface area contributed by atoms with Gasteiger partial charge in [-0.3, -0.25) is 9.59 Å². The molecule has 1 saturated heterocycles. The molecule has 5 nitrogen and oxygen atoms in total. The van der Waals surface area contributed by atoms with Crippen LogP contribution in [0.2, 0.25) is 0 Å². The number of nitrogens with one attached hydrogen (secondary N) is 1. The van der Waals surface area contributed by atoms with Gasteiger partial charge in [0.05, 0.1) is 6.61 Å². The van der Waals surface area contributed by atoms with Crippen LogP contribution in [0.25, 0.3) is 0 Å². The molecule has 5 heteroatoms. The predicted molar refractivity (Wildman–Crippen MR) is 73.7 cm³/mol. The van der Waals surface area contributed by atoms with Crippen molar-refractivity contribution >= 4 is 11.9 Å². The largest absolute Gasteiger partial charge is 0.466 e. The summed E-state index contributed by atoms with van der Waals surface area (Å²) in [5, 5.41) is 2.99. The SMILES string of the molecule is CCOC(=O)CCC1CC(NC(C)=O)CN(CC)C1. The Morgan fingerprint density at radius 3 is 2.63 bits per heavy atom. The number of likely N-dealkylation sites (tertiary alicyclic amines) is 1. The van der Waals surface area contributed by atoms with Gasteiger partial charge in [0.2, 0.25) is 5.91 Å². The van der Waals surface area contributed by atoms with Crippen molar-refractivity contribution in [3.8, 4) is 0 Å². The zero-order chi connectivity index (χ0) is 14.3. The number of nitrogens with zero attached hydrogens (tertiary/aromatic N) is 1. The van der Waals surface area contributed by atoms with E-state index in [-0.39, 0.29) is 17.9 Å². The molecule has 1 heterocycles. The van der Waals surface area contributed by atoms with Gasteiger partial charge in [-0.05, 0) is 32.2 Å². The van der Waals surface area contributed by atoms with Crippen LogP contribution in [0.5, 0.6) is 0 Å². The minimum atomic E-state index is -0.118. The first-order valence-electron chi connectivity index (χ1n) is 7.20. The molecule has 1 N–H and O–H groups in total. The van der Waals surface area contributed by atoms with Gasteiger partial charge in [-0.15, -0.1) is 0 Å². The third-order valence-electron chi connectivity index (χ3n) is 3.53. The Morgan fingerprint density at radius 1 is 1.32 bits per heavy atom. The third-order valence-corrected chi connectivity index (χ3v) is 3.53. The smallest absolute Gasteiger partial charge is 0.305 e. The molecule has 0 saturated carbocycles. The molecule has 1 aliphatic rings. The second-order valence-electron chi connectivity index (χ2n) is 5.20. The van der Waals surface area contributed by atoms with Crippen molar-refractivity contribution in [2.45, 2.75) is 46.1 Å². The van der Waals surface area contributed by atoms with Crippen molar-refractivity contribution in [3.63, 3.8) is 0 Å². The lowest BCUT2D eigenvalue weighted by Gasteiger charge is -2.37. The van der Waals surface area contributed by atoms with Crippen molar-refractivity contribution in [1.29, 1.82) is 0 Å². The molecule has 2 atom stereocenters. The molecule has 1 rings (SSSR count). The van der Waals surface area contributed by atoms with E-state index in [0.717, 1.165) is 32.5 Å². The maximum Gasteiger partial charge on any atom is 0.305 e. The lowest BCUT2D eigenvalue weighted by atomic mass is 9.90. The second-order valence-corrected chi connectivity index (χ2v) is 5.20. The number of esters is 1. The molecule has 0 aromatic heterocycles. The molecule has 19 heavy (non-hydrogen) atoms. The van der Waals surface area contributed by atoms with E-state index in [4.69, 9.17) is 4.74 Å². The van der Waals surface area contributed by atoms with E-state index < -0.39 is 0 Å². The van der Waals surface area contributed by atoms with Crippen LogP contribution >= 0.6 is 0 Å². The Bertz CT molecular complexity index is 307. The number of carbonyl (C=O) groups excluding carboxylic acids is 2. The Hall–Kier alpha value is -1.10. The van der Waals surface area contributed by atoms with Gasteiger partial charge in [-0.25, -0.2) is 0 Å². The molecule has 0 aliphatic carbocycles. The fourth-order valence-corrected chi connectivity index (χ4v) is 2.72. The first-order valence-corrected chi connectivity index (χ1v) is 7.20. The van der Waals surface area contributed by atoms with Crippen LogP contribution in [-0.2, 0) is 14.3 Å². The van der Waals surface area contributed by atoms with Gasteiger partial charge in [0.25, 0.3) is 0 Å². The molecule has 0 spiro atoms. The van der Waals surface area contributed by atoms with Crippen LogP contribution in [0.1, 0.15) is 40.0 Å². The predicted octanol–water partition coefficient (Wildman–Crippen LogP) is 1.18. The number of carbonyl (C=O) groups is 2. The molecule has 2 unspecified atom stereocenters. The minimum Gasteiger partial charge on any atom is -0.466 e. The van der Waals surface area contributed by atoms with Gasteiger partial charge in [0, 0.05) is 32.5 Å². The maximum atomic E-state index is 11.4. The van der Waals surface area contributed by atoms with Crippen molar-refractivity contribution in [2.24, 2.45) is 5.92 Å². The normalized spacial score (nSPS) is 23.9. The number of ether oxygens (including phenoxy) is 1. The topological polar surface area (TPSA) is 58.6 Å². The average Bonchev–Trinajstić information content (AvgIpc) is 2.35. The summed E-state index contributed by atoms with van der Waals surface area (Å²) in [4.78, 5) is 24.9. The van der Waals surface area contributed by atoms with E-state index in [9.17, 15) is 9.59 Å². The van der Waals surface area contributed by atoms with Gasteiger partial charge < -0.3 is 15.0 Å². The number of piperidine rings is 1. The van der Waals surface area contributed by atoms with E-state index in [0.29, 0.717) is 18.9 Å². The second kappa shape index (κ2) is 8.15. The summed E-state index contributed by atoms with van der Waals surface area (Å²) in [5.74, 6) is 0.356. The molecule has 1 fully saturated rings. The van der Waals surface area contributed by atoms with Crippen LogP contribution in [0.15, 0.2) is 0 Å². The molecule has 0 aromatic carbocycles. The van der Waals surface area contributed by atoms with Crippen molar-refractivity contribution in [3.05, 3.63) is 0 Å². The van der Waals surface area contributed by atoms with Crippen LogP contribution in [0.3, 0.4) is 0 Å². The van der Waals surface area contributed by atoms with E-state index in [2.05, 4.69) is 17.1 Å². The molecule has 0 bridgehead atoms. The number of rotatable bonds is 6. The standard InChI is InChI=1S/C14H26N2O3/c1-4-16-9-12(6-7-14(18)19-5-2)8-13(10-16)15-11(3)17/h12-13H,4-10H2,1-3H3,(H,15,17). The molecular formula is C14H26N2O3. The third kappa shape index (κ3) is 6.05. The van der Waals surface area contributed by atoms with E-state index in [1.165, 1.54) is 0 Å². The minimum absolute atomic E-state index is 0.0205. The summed E-state index contributed by atoms with van der Waals surface area (Å²) in [6, 6.07) is 0.207. The summed E-state index contributed by atoms with van der Waals surface area (Å²) in [5.41, 5.74) is 0. The summed E-state index contributed by atoms with van der Waals surface area (Å²) < 4.78 is 4.96.